The molecule has 26 heavy (non-hydrogen) atoms. The molecule has 2 aromatic rings. The highest BCUT2D eigenvalue weighted by Crippen LogP contribution is 2.22. The van der Waals surface area contributed by atoms with Gasteiger partial charge in [0.1, 0.15) is 5.82 Å². The molecular weight excluding hydrogens is 354 g/mol. The van der Waals surface area contributed by atoms with Gasteiger partial charge < -0.3 is 10.1 Å². The van der Waals surface area contributed by atoms with Gasteiger partial charge in [0, 0.05) is 11.6 Å². The number of halogens is 1. The second kappa shape index (κ2) is 7.90. The summed E-state index contributed by atoms with van der Waals surface area (Å²) in [5.41, 5.74) is 0.307. The summed E-state index contributed by atoms with van der Waals surface area (Å²) in [6.07, 6.45) is 5.22. The van der Waals surface area contributed by atoms with Crippen LogP contribution in [0.15, 0.2) is 16.9 Å². The first-order chi connectivity index (χ1) is 12.1. The molecule has 0 radical (unpaired) electrons. The molecule has 0 spiro atoms. The molecule has 6 nitrogen and oxygen atoms in total. The predicted molar refractivity (Wildman–Crippen MR) is 102 cm³/mol. The Labute approximate surface area is 157 Å². The zero-order valence-electron chi connectivity index (χ0n) is 15.4. The standard InChI is InChI=1S/C19H22ClN3O3/c1-6-7-21-10-13-8-14-16(9-15(13)20)22-12(2)23(17(14)24)11-26-18(25)19(3,4)5/h1,8-9,21H,7,10-11H2,2-5H3. The third-order valence-corrected chi connectivity index (χ3v) is 4.14. The molecule has 0 fully saturated rings. The van der Waals surface area contributed by atoms with Crippen LogP contribution < -0.4 is 10.9 Å². The SMILES string of the molecule is C#CCNCc1cc2c(=O)n(COC(=O)C(C)(C)C)c(C)nc2cc1Cl. The fourth-order valence-corrected chi connectivity index (χ4v) is 2.52. The summed E-state index contributed by atoms with van der Waals surface area (Å²) in [5.74, 6) is 2.53. The largest absolute Gasteiger partial charge is 0.443 e. The maximum Gasteiger partial charge on any atom is 0.312 e. The van der Waals surface area contributed by atoms with Gasteiger partial charge in [0.2, 0.25) is 0 Å². The van der Waals surface area contributed by atoms with E-state index in [0.29, 0.717) is 34.8 Å². The first kappa shape index (κ1) is 20.0. The average molecular weight is 376 g/mol. The van der Waals surface area contributed by atoms with E-state index < -0.39 is 5.41 Å². The lowest BCUT2D eigenvalue weighted by Gasteiger charge is -2.18. The van der Waals surface area contributed by atoms with Crippen LogP contribution in [-0.4, -0.2) is 22.1 Å². The lowest BCUT2D eigenvalue weighted by Crippen LogP contribution is -2.30. The number of hydrogen-bond donors (Lipinski definition) is 1. The van der Waals surface area contributed by atoms with Crippen molar-refractivity contribution in [3.8, 4) is 12.3 Å². The first-order valence-corrected chi connectivity index (χ1v) is 8.54. The highest BCUT2D eigenvalue weighted by atomic mass is 35.5. The number of terminal acetylenes is 1. The number of hydrogen-bond acceptors (Lipinski definition) is 5. The van der Waals surface area contributed by atoms with Crippen LogP contribution in [0, 0.1) is 24.7 Å². The van der Waals surface area contributed by atoms with Gasteiger partial charge in [-0.2, -0.15) is 0 Å². The molecule has 0 aliphatic rings. The Morgan fingerprint density at radius 2 is 2.12 bits per heavy atom. The predicted octanol–water partition coefficient (Wildman–Crippen LogP) is 2.63. The fraction of sp³-hybridized carbons (Fsp3) is 0.421. The number of carbonyl (C=O) groups excluding carboxylic acids is 1. The topological polar surface area (TPSA) is 73.2 Å². The van der Waals surface area contributed by atoms with Gasteiger partial charge >= 0.3 is 5.97 Å². The smallest absolute Gasteiger partial charge is 0.312 e. The van der Waals surface area contributed by atoms with Gasteiger partial charge in [-0.25, -0.2) is 4.98 Å². The highest BCUT2D eigenvalue weighted by Gasteiger charge is 2.23. The van der Waals surface area contributed by atoms with Crippen LogP contribution >= 0.6 is 11.6 Å². The van der Waals surface area contributed by atoms with Gasteiger partial charge in [0.15, 0.2) is 6.73 Å². The summed E-state index contributed by atoms with van der Waals surface area (Å²) in [4.78, 5) is 29.2. The normalized spacial score (nSPS) is 11.4. The Morgan fingerprint density at radius 1 is 1.42 bits per heavy atom. The molecule has 0 saturated carbocycles. The summed E-state index contributed by atoms with van der Waals surface area (Å²) >= 11 is 6.27. The number of nitrogens with one attached hydrogen (secondary N) is 1. The zero-order chi connectivity index (χ0) is 19.5. The van der Waals surface area contributed by atoms with E-state index in [1.807, 2.05) is 0 Å². The van der Waals surface area contributed by atoms with Gasteiger partial charge in [0.25, 0.3) is 5.56 Å². The fourth-order valence-electron chi connectivity index (χ4n) is 2.29. The van der Waals surface area contributed by atoms with Crippen LogP contribution in [-0.2, 0) is 22.8 Å². The summed E-state index contributed by atoms with van der Waals surface area (Å²) in [7, 11) is 0. The van der Waals surface area contributed by atoms with Gasteiger partial charge in [-0.05, 0) is 45.4 Å². The van der Waals surface area contributed by atoms with E-state index in [4.69, 9.17) is 22.8 Å². The van der Waals surface area contributed by atoms with E-state index in [2.05, 4.69) is 16.2 Å². The molecule has 0 amide bonds. The second-order valence-corrected chi connectivity index (χ2v) is 7.38. The van der Waals surface area contributed by atoms with E-state index in [-0.39, 0.29) is 18.3 Å². The summed E-state index contributed by atoms with van der Waals surface area (Å²) in [5, 5.41) is 3.95. The van der Waals surface area contributed by atoms with Gasteiger partial charge in [-0.15, -0.1) is 6.42 Å². The number of benzene rings is 1. The number of rotatable bonds is 5. The molecule has 2 rings (SSSR count). The van der Waals surface area contributed by atoms with Gasteiger partial charge in [-0.1, -0.05) is 17.5 Å². The number of fused-ring (bicyclic) bond motifs is 1. The number of aryl methyl sites for hydroxylation is 1. The van der Waals surface area contributed by atoms with Crippen LogP contribution in [0.2, 0.25) is 5.02 Å². The van der Waals surface area contributed by atoms with Crippen molar-refractivity contribution in [2.45, 2.75) is 41.0 Å². The molecule has 138 valence electrons. The van der Waals surface area contributed by atoms with E-state index in [0.717, 1.165) is 5.56 Å². The van der Waals surface area contributed by atoms with Crippen molar-refractivity contribution >= 4 is 28.5 Å². The number of carbonyl (C=O) groups is 1. The van der Waals surface area contributed by atoms with Crippen molar-refractivity contribution in [3.63, 3.8) is 0 Å². The molecule has 0 saturated heterocycles. The Morgan fingerprint density at radius 3 is 2.73 bits per heavy atom. The number of esters is 1. The minimum Gasteiger partial charge on any atom is -0.443 e. The minimum atomic E-state index is -0.648. The van der Waals surface area contributed by atoms with Crippen molar-refractivity contribution in [2.24, 2.45) is 5.41 Å². The Hall–Kier alpha value is -2.36. The first-order valence-electron chi connectivity index (χ1n) is 8.16. The van der Waals surface area contributed by atoms with Crippen LogP contribution in [0.1, 0.15) is 32.2 Å². The third-order valence-electron chi connectivity index (χ3n) is 3.79. The van der Waals surface area contributed by atoms with E-state index in [1.165, 1.54) is 4.57 Å². The molecule has 0 unspecified atom stereocenters. The Bertz CT molecular complexity index is 936. The minimum absolute atomic E-state index is 0.184. The summed E-state index contributed by atoms with van der Waals surface area (Å²) in [6, 6.07) is 3.35. The molecule has 0 aliphatic heterocycles. The van der Waals surface area contributed by atoms with Crippen molar-refractivity contribution in [3.05, 3.63) is 38.9 Å². The third kappa shape index (κ3) is 4.43. The van der Waals surface area contributed by atoms with Crippen LogP contribution in [0.3, 0.4) is 0 Å². The number of aromatic nitrogens is 2. The maximum absolute atomic E-state index is 12.8. The lowest BCUT2D eigenvalue weighted by atomic mass is 9.98. The lowest BCUT2D eigenvalue weighted by molar-refractivity contribution is -0.157. The van der Waals surface area contributed by atoms with Crippen molar-refractivity contribution in [1.29, 1.82) is 0 Å². The number of nitrogens with zero attached hydrogens (tertiary/aromatic N) is 2. The molecule has 0 atom stereocenters. The zero-order valence-corrected chi connectivity index (χ0v) is 16.1. The average Bonchev–Trinajstić information content (AvgIpc) is 2.54. The van der Waals surface area contributed by atoms with E-state index in [1.54, 1.807) is 39.8 Å². The molecule has 1 N–H and O–H groups in total. The van der Waals surface area contributed by atoms with Crippen molar-refractivity contribution < 1.29 is 9.53 Å². The molecule has 1 aromatic carbocycles. The second-order valence-electron chi connectivity index (χ2n) is 6.97. The molecule has 1 heterocycles. The summed E-state index contributed by atoms with van der Waals surface area (Å²) < 4.78 is 6.59. The highest BCUT2D eigenvalue weighted by molar-refractivity contribution is 6.32. The van der Waals surface area contributed by atoms with E-state index in [9.17, 15) is 9.59 Å². The quantitative estimate of drug-likeness (QED) is 0.494. The molecular formula is C19H22ClN3O3. The van der Waals surface area contributed by atoms with Gasteiger partial charge in [0.05, 0.1) is 22.9 Å². The molecule has 7 heteroatoms. The van der Waals surface area contributed by atoms with Gasteiger partial charge in [-0.3, -0.25) is 14.2 Å². The molecule has 0 bridgehead atoms. The van der Waals surface area contributed by atoms with E-state index >= 15 is 0 Å². The van der Waals surface area contributed by atoms with Crippen molar-refractivity contribution in [1.82, 2.24) is 14.9 Å². The van der Waals surface area contributed by atoms with Crippen molar-refractivity contribution in [2.75, 3.05) is 6.54 Å². The summed E-state index contributed by atoms with van der Waals surface area (Å²) in [6.45, 7) is 7.58. The van der Waals surface area contributed by atoms with Crippen LogP contribution in [0.25, 0.3) is 10.9 Å². The maximum atomic E-state index is 12.8. The number of ether oxygens (including phenoxy) is 1. The Balaban J connectivity index is 2.40. The monoisotopic (exact) mass is 375 g/mol. The van der Waals surface area contributed by atoms with Crippen LogP contribution in [0.5, 0.6) is 0 Å². The molecule has 1 aromatic heterocycles. The van der Waals surface area contributed by atoms with Crippen LogP contribution in [0.4, 0.5) is 0 Å². The Kier molecular flexibility index (Phi) is 6.06. The molecule has 0 aliphatic carbocycles.